The molecule has 0 radical (unpaired) electrons. The van der Waals surface area contributed by atoms with Crippen molar-refractivity contribution < 1.29 is 13.6 Å². The second-order valence-corrected chi connectivity index (χ2v) is 10.0. The van der Waals surface area contributed by atoms with Crippen molar-refractivity contribution in [1.29, 1.82) is 0 Å². The number of nitrogens with one attached hydrogen (secondary N) is 1. The van der Waals surface area contributed by atoms with Gasteiger partial charge in [-0.15, -0.1) is 11.3 Å². The number of aromatic nitrogens is 1. The van der Waals surface area contributed by atoms with Crippen LogP contribution in [0.5, 0.6) is 0 Å². The molecule has 1 aliphatic heterocycles. The van der Waals surface area contributed by atoms with Gasteiger partial charge in [0.05, 0.1) is 0 Å². The Labute approximate surface area is 180 Å². The number of carbonyl (C=O) groups excluding carboxylic acids is 1. The summed E-state index contributed by atoms with van der Waals surface area (Å²) in [4.78, 5) is 19.0. The molecule has 2 aromatic rings. The lowest BCUT2D eigenvalue weighted by molar-refractivity contribution is -0.0206. The van der Waals surface area contributed by atoms with E-state index in [-0.39, 0.29) is 10.7 Å². The smallest absolute Gasteiger partial charge is 0.314 e. The number of urea groups is 1. The van der Waals surface area contributed by atoms with E-state index in [1.807, 2.05) is 25.3 Å². The molecule has 0 spiro atoms. The molecule has 1 saturated heterocycles. The number of pyridine rings is 1. The third-order valence-electron chi connectivity index (χ3n) is 6.59. The van der Waals surface area contributed by atoms with E-state index in [1.54, 1.807) is 6.07 Å². The highest BCUT2D eigenvalue weighted by atomic mass is 32.1. The summed E-state index contributed by atoms with van der Waals surface area (Å²) in [5.74, 6) is -2.00. The zero-order valence-electron chi connectivity index (χ0n) is 18.0. The molecule has 3 N–H and O–H groups in total. The zero-order chi connectivity index (χ0) is 22.2. The number of hydrogen-bond acceptors (Lipinski definition) is 4. The maximum atomic E-state index is 15.9. The highest BCUT2D eigenvalue weighted by Gasteiger charge is 2.55. The summed E-state index contributed by atoms with van der Waals surface area (Å²) >= 11 is 1.08. The molecule has 5 nitrogen and oxygen atoms in total. The number of hydrogen-bond donors (Lipinski definition) is 2. The van der Waals surface area contributed by atoms with Gasteiger partial charge >= 0.3 is 6.03 Å². The predicted molar refractivity (Wildman–Crippen MR) is 115 cm³/mol. The van der Waals surface area contributed by atoms with E-state index in [0.717, 1.165) is 27.5 Å². The van der Waals surface area contributed by atoms with Crippen LogP contribution >= 0.6 is 11.3 Å². The van der Waals surface area contributed by atoms with Crippen LogP contribution in [0, 0.1) is 17.5 Å². The van der Waals surface area contributed by atoms with Crippen molar-refractivity contribution in [3.63, 3.8) is 0 Å². The lowest BCUT2D eigenvalue weighted by Crippen LogP contribution is -2.58. The van der Waals surface area contributed by atoms with E-state index in [4.69, 9.17) is 5.73 Å². The summed E-state index contributed by atoms with van der Waals surface area (Å²) in [6.07, 6.45) is 3.42. The van der Waals surface area contributed by atoms with Gasteiger partial charge in [-0.25, -0.2) is 9.18 Å². The van der Waals surface area contributed by atoms with Gasteiger partial charge in [-0.3, -0.25) is 9.88 Å². The number of rotatable bonds is 7. The molecular weight excluding hydrogens is 406 g/mol. The van der Waals surface area contributed by atoms with E-state index in [2.05, 4.69) is 29.0 Å². The van der Waals surface area contributed by atoms with Crippen LogP contribution in [0.1, 0.15) is 49.7 Å². The van der Waals surface area contributed by atoms with Gasteiger partial charge in [0.25, 0.3) is 0 Å². The Morgan fingerprint density at radius 1 is 1.33 bits per heavy atom. The van der Waals surface area contributed by atoms with Crippen molar-refractivity contribution in [2.75, 3.05) is 13.1 Å². The fourth-order valence-electron chi connectivity index (χ4n) is 4.40. The van der Waals surface area contributed by atoms with Crippen LogP contribution in [0.15, 0.2) is 30.5 Å². The van der Waals surface area contributed by atoms with Gasteiger partial charge in [-0.1, -0.05) is 6.07 Å². The first-order chi connectivity index (χ1) is 13.9. The molecule has 2 amide bonds. The molecule has 0 bridgehead atoms. The lowest BCUT2D eigenvalue weighted by atomic mass is 9.74. The molecule has 30 heavy (non-hydrogen) atoms. The minimum Gasteiger partial charge on any atom is -0.352 e. The van der Waals surface area contributed by atoms with Gasteiger partial charge in [-0.05, 0) is 77.3 Å². The average molecular weight is 437 g/mol. The number of aryl methyl sites for hydroxylation is 2. The zero-order valence-corrected chi connectivity index (χ0v) is 18.8. The maximum Gasteiger partial charge on any atom is 0.314 e. The number of likely N-dealkylation sites (tertiary alicyclic amines) is 1. The molecule has 1 fully saturated rings. The molecule has 1 aliphatic rings. The fourth-order valence-corrected chi connectivity index (χ4v) is 5.12. The molecule has 3 rings (SSSR count). The van der Waals surface area contributed by atoms with Crippen LogP contribution in [0.25, 0.3) is 0 Å². The molecule has 2 atom stereocenters. The Balaban J connectivity index is 1.87. The predicted octanol–water partition coefficient (Wildman–Crippen LogP) is 4.50. The number of nitrogens with two attached hydrogens (primary N) is 1. The summed E-state index contributed by atoms with van der Waals surface area (Å²) in [5, 5.41) is 2.07. The number of primary amides is 1. The molecule has 3 heterocycles. The molecule has 8 heteroatoms. The van der Waals surface area contributed by atoms with Gasteiger partial charge in [0.1, 0.15) is 0 Å². The summed E-state index contributed by atoms with van der Waals surface area (Å²) in [6, 6.07) is 6.30. The number of halogens is 2. The molecule has 0 aromatic carbocycles. The fraction of sp³-hybridized carbons (Fsp3) is 0.545. The highest BCUT2D eigenvalue weighted by molar-refractivity contribution is 7.10. The van der Waals surface area contributed by atoms with E-state index in [9.17, 15) is 9.18 Å². The minimum absolute atomic E-state index is 0.252. The Bertz CT molecular complexity index is 897. The molecule has 2 unspecified atom stereocenters. The molecular formula is C22H30F2N4OS. The van der Waals surface area contributed by atoms with E-state index in [1.165, 1.54) is 13.0 Å². The van der Waals surface area contributed by atoms with Gasteiger partial charge in [-0.2, -0.15) is 4.39 Å². The van der Waals surface area contributed by atoms with Crippen molar-refractivity contribution in [2.24, 2.45) is 11.1 Å². The highest BCUT2D eigenvalue weighted by Crippen LogP contribution is 2.48. The standard InChI is InChI=1S/C22H30F2N4OS/c1-15-5-6-16(13-26-15)20(2,3)28-12-11-22(14-28,21(4,24)27-19(25)29)10-9-17-7-8-18(23)30-17/h5-8,13H,9-12,14H2,1-4H3,(H3,25,27,29). The van der Waals surface area contributed by atoms with Crippen molar-refractivity contribution in [2.45, 2.75) is 58.3 Å². The monoisotopic (exact) mass is 436 g/mol. The van der Waals surface area contributed by atoms with E-state index >= 15 is 4.39 Å². The van der Waals surface area contributed by atoms with Gasteiger partial charge in [0.2, 0.25) is 0 Å². The summed E-state index contributed by atoms with van der Waals surface area (Å²) in [7, 11) is 0. The van der Waals surface area contributed by atoms with Crippen molar-refractivity contribution in [1.82, 2.24) is 15.2 Å². The molecule has 0 aliphatic carbocycles. The van der Waals surface area contributed by atoms with Crippen molar-refractivity contribution >= 4 is 17.4 Å². The Morgan fingerprint density at radius 3 is 2.63 bits per heavy atom. The Kier molecular flexibility index (Phi) is 6.20. The van der Waals surface area contributed by atoms with Gasteiger partial charge in [0.15, 0.2) is 10.9 Å². The van der Waals surface area contributed by atoms with Gasteiger partial charge < -0.3 is 11.1 Å². The van der Waals surface area contributed by atoms with Crippen molar-refractivity contribution in [3.8, 4) is 0 Å². The quantitative estimate of drug-likeness (QED) is 0.628. The Morgan fingerprint density at radius 2 is 2.07 bits per heavy atom. The summed E-state index contributed by atoms with van der Waals surface area (Å²) in [6.45, 7) is 8.63. The first-order valence-electron chi connectivity index (χ1n) is 10.1. The number of carbonyl (C=O) groups is 1. The summed E-state index contributed by atoms with van der Waals surface area (Å²) < 4.78 is 29.3. The van der Waals surface area contributed by atoms with Crippen LogP contribution in [0.4, 0.5) is 13.6 Å². The lowest BCUT2D eigenvalue weighted by Gasteiger charge is -2.43. The topological polar surface area (TPSA) is 71.2 Å². The third-order valence-corrected chi connectivity index (χ3v) is 7.53. The first kappa shape index (κ1) is 22.6. The Hall–Kier alpha value is -2.06. The summed E-state index contributed by atoms with van der Waals surface area (Å²) in [5.41, 5.74) is 6.06. The number of nitrogens with zero attached hydrogens (tertiary/aromatic N) is 2. The maximum absolute atomic E-state index is 15.9. The normalized spacial score (nSPS) is 22.1. The molecule has 0 saturated carbocycles. The number of alkyl halides is 1. The number of thiophene rings is 1. The second kappa shape index (κ2) is 8.23. The largest absolute Gasteiger partial charge is 0.352 e. The van der Waals surface area contributed by atoms with Crippen molar-refractivity contribution in [3.05, 3.63) is 51.7 Å². The van der Waals surface area contributed by atoms with Gasteiger partial charge in [0, 0.05) is 34.3 Å². The van der Waals surface area contributed by atoms with Crippen LogP contribution < -0.4 is 11.1 Å². The SMILES string of the molecule is Cc1ccc(C(C)(C)N2CCC(CCc3ccc(F)s3)(C(C)(F)NC(N)=O)C2)cn1. The number of amides is 2. The molecule has 164 valence electrons. The minimum atomic E-state index is -2.00. The third kappa shape index (κ3) is 4.49. The van der Waals surface area contributed by atoms with Crippen LogP contribution in [0.3, 0.4) is 0 Å². The van der Waals surface area contributed by atoms with Crippen LogP contribution in [-0.2, 0) is 12.0 Å². The first-order valence-corrected chi connectivity index (χ1v) is 11.0. The second-order valence-electron chi connectivity index (χ2n) is 8.90. The van der Waals surface area contributed by atoms with Crippen LogP contribution in [-0.4, -0.2) is 34.8 Å². The van der Waals surface area contributed by atoms with E-state index < -0.39 is 17.2 Å². The van der Waals surface area contributed by atoms with E-state index in [0.29, 0.717) is 32.4 Å². The van der Waals surface area contributed by atoms with Crippen LogP contribution in [0.2, 0.25) is 0 Å². The average Bonchev–Trinajstić information content (AvgIpc) is 3.27. The molecule has 2 aromatic heterocycles.